The number of carbonyl (C=O) groups is 3. The molecule has 3 N–H and O–H groups in total. The zero-order valence-corrected chi connectivity index (χ0v) is 14.0. The largest absolute Gasteiger partial charge is 0.480 e. The second kappa shape index (κ2) is 8.44. The Morgan fingerprint density at radius 1 is 1.15 bits per heavy atom. The molecule has 0 aromatic heterocycles. The van der Waals surface area contributed by atoms with Crippen LogP contribution in [0.25, 0.3) is 0 Å². The van der Waals surface area contributed by atoms with Gasteiger partial charge >= 0.3 is 5.97 Å². The second-order valence-electron chi connectivity index (χ2n) is 5.64. The number of rotatable bonds is 6. The Morgan fingerprint density at radius 3 is 2.54 bits per heavy atom. The minimum atomic E-state index is -1.18. The first-order valence-corrected chi connectivity index (χ1v) is 7.79. The molecule has 26 heavy (non-hydrogen) atoms. The molecule has 0 bridgehead atoms. The Labute approximate surface area is 150 Å². The predicted octanol–water partition coefficient (Wildman–Crippen LogP) is 1.94. The molecule has 7 nitrogen and oxygen atoms in total. The van der Waals surface area contributed by atoms with Gasteiger partial charge in [0.25, 0.3) is 5.91 Å². The van der Waals surface area contributed by atoms with E-state index in [1.807, 2.05) is 6.07 Å². The van der Waals surface area contributed by atoms with E-state index in [0.717, 1.165) is 0 Å². The molecule has 132 valence electrons. The van der Waals surface area contributed by atoms with Crippen LogP contribution in [0.5, 0.6) is 0 Å². The van der Waals surface area contributed by atoms with Gasteiger partial charge in [-0.25, -0.2) is 4.79 Å². The van der Waals surface area contributed by atoms with E-state index >= 15 is 0 Å². The fourth-order valence-corrected chi connectivity index (χ4v) is 2.39. The molecule has 0 unspecified atom stereocenters. The summed E-state index contributed by atoms with van der Waals surface area (Å²) in [4.78, 5) is 35.0. The average Bonchev–Trinajstić information content (AvgIpc) is 2.60. The van der Waals surface area contributed by atoms with E-state index in [-0.39, 0.29) is 17.9 Å². The van der Waals surface area contributed by atoms with Crippen LogP contribution >= 0.6 is 0 Å². The topological polar surface area (TPSA) is 119 Å². The van der Waals surface area contributed by atoms with Gasteiger partial charge in [-0.1, -0.05) is 18.2 Å². The first kappa shape index (κ1) is 18.7. The SMILES string of the molecule is CC(=O)Nc1cccc(C(=O)N[C@H](Cc2cccc(C#N)c2)C(=O)O)c1. The quantitative estimate of drug-likeness (QED) is 0.735. The number of hydrogen-bond acceptors (Lipinski definition) is 4. The summed E-state index contributed by atoms with van der Waals surface area (Å²) in [7, 11) is 0. The zero-order chi connectivity index (χ0) is 19.1. The lowest BCUT2D eigenvalue weighted by molar-refractivity contribution is -0.139. The average molecular weight is 351 g/mol. The molecule has 0 saturated heterocycles. The van der Waals surface area contributed by atoms with Crippen molar-refractivity contribution in [3.8, 4) is 6.07 Å². The molecule has 2 amide bonds. The fraction of sp³-hybridized carbons (Fsp3) is 0.158. The molecule has 0 fully saturated rings. The normalized spacial score (nSPS) is 11.1. The minimum Gasteiger partial charge on any atom is -0.480 e. The van der Waals surface area contributed by atoms with Crippen LogP contribution in [-0.2, 0) is 16.0 Å². The lowest BCUT2D eigenvalue weighted by Gasteiger charge is -2.15. The monoisotopic (exact) mass is 351 g/mol. The van der Waals surface area contributed by atoms with E-state index in [1.165, 1.54) is 19.1 Å². The third kappa shape index (κ3) is 5.18. The van der Waals surface area contributed by atoms with Crippen LogP contribution in [0.2, 0.25) is 0 Å². The summed E-state index contributed by atoms with van der Waals surface area (Å²) < 4.78 is 0. The van der Waals surface area contributed by atoms with Crippen molar-refractivity contribution in [3.63, 3.8) is 0 Å². The highest BCUT2D eigenvalue weighted by Gasteiger charge is 2.21. The standard InChI is InChI=1S/C19H17N3O4/c1-12(23)21-16-7-3-6-15(10-16)18(24)22-17(19(25)26)9-13-4-2-5-14(8-13)11-20/h2-8,10,17H,9H2,1H3,(H,21,23)(H,22,24)(H,25,26)/t17-/m1/s1. The Morgan fingerprint density at radius 2 is 1.88 bits per heavy atom. The molecule has 2 aromatic rings. The number of amides is 2. The van der Waals surface area contributed by atoms with Crippen LogP contribution in [0.1, 0.15) is 28.4 Å². The second-order valence-corrected chi connectivity index (χ2v) is 5.64. The van der Waals surface area contributed by atoms with E-state index < -0.39 is 17.9 Å². The number of aliphatic carboxylic acids is 1. The third-order valence-electron chi connectivity index (χ3n) is 3.54. The lowest BCUT2D eigenvalue weighted by atomic mass is 10.0. The van der Waals surface area contributed by atoms with Gasteiger partial charge in [0.15, 0.2) is 0 Å². The summed E-state index contributed by atoms with van der Waals surface area (Å²) in [5, 5.41) is 23.3. The maximum Gasteiger partial charge on any atom is 0.326 e. The van der Waals surface area contributed by atoms with Gasteiger partial charge in [-0.3, -0.25) is 9.59 Å². The van der Waals surface area contributed by atoms with Gasteiger partial charge in [0.2, 0.25) is 5.91 Å². The zero-order valence-electron chi connectivity index (χ0n) is 14.0. The van der Waals surface area contributed by atoms with Crippen molar-refractivity contribution >= 4 is 23.5 Å². The molecule has 0 aliphatic rings. The molecule has 2 aromatic carbocycles. The Balaban J connectivity index is 2.14. The smallest absolute Gasteiger partial charge is 0.326 e. The highest BCUT2D eigenvalue weighted by molar-refractivity contribution is 5.98. The van der Waals surface area contributed by atoms with Crippen molar-refractivity contribution in [1.82, 2.24) is 5.32 Å². The van der Waals surface area contributed by atoms with E-state index in [9.17, 15) is 19.5 Å². The highest BCUT2D eigenvalue weighted by atomic mass is 16.4. The predicted molar refractivity (Wildman–Crippen MR) is 94.5 cm³/mol. The number of carboxylic acids is 1. The number of anilines is 1. The van der Waals surface area contributed by atoms with Crippen molar-refractivity contribution in [2.75, 3.05) is 5.32 Å². The lowest BCUT2D eigenvalue weighted by Crippen LogP contribution is -2.42. The molecule has 0 saturated carbocycles. The summed E-state index contributed by atoms with van der Waals surface area (Å²) in [6, 6.07) is 13.6. The number of nitrogens with zero attached hydrogens (tertiary/aromatic N) is 1. The Bertz CT molecular complexity index is 886. The molecule has 7 heteroatoms. The van der Waals surface area contributed by atoms with E-state index in [2.05, 4.69) is 10.6 Å². The van der Waals surface area contributed by atoms with Crippen molar-refractivity contribution in [1.29, 1.82) is 5.26 Å². The molecular formula is C19H17N3O4. The summed E-state index contributed by atoms with van der Waals surface area (Å²) in [5.41, 5.74) is 1.72. The fourth-order valence-electron chi connectivity index (χ4n) is 2.39. The van der Waals surface area contributed by atoms with Crippen LogP contribution in [-0.4, -0.2) is 28.9 Å². The Hall–Kier alpha value is -3.66. The third-order valence-corrected chi connectivity index (χ3v) is 3.54. The number of benzene rings is 2. The van der Waals surface area contributed by atoms with Gasteiger partial charge in [0, 0.05) is 24.6 Å². The van der Waals surface area contributed by atoms with Crippen LogP contribution in [0.4, 0.5) is 5.69 Å². The molecule has 0 aliphatic carbocycles. The highest BCUT2D eigenvalue weighted by Crippen LogP contribution is 2.12. The number of hydrogen-bond donors (Lipinski definition) is 3. The van der Waals surface area contributed by atoms with Gasteiger partial charge in [-0.05, 0) is 35.9 Å². The van der Waals surface area contributed by atoms with Gasteiger partial charge in [0.1, 0.15) is 6.04 Å². The van der Waals surface area contributed by atoms with Crippen molar-refractivity contribution in [2.24, 2.45) is 0 Å². The maximum absolute atomic E-state index is 12.4. The number of nitrogens with one attached hydrogen (secondary N) is 2. The van der Waals surface area contributed by atoms with Crippen molar-refractivity contribution in [3.05, 3.63) is 65.2 Å². The van der Waals surface area contributed by atoms with Crippen LogP contribution in [0, 0.1) is 11.3 Å². The minimum absolute atomic E-state index is 0.0436. The van der Waals surface area contributed by atoms with Gasteiger partial charge in [0.05, 0.1) is 11.6 Å². The van der Waals surface area contributed by atoms with E-state index in [0.29, 0.717) is 16.8 Å². The molecule has 0 spiro atoms. The number of carbonyl (C=O) groups excluding carboxylic acids is 2. The molecule has 0 heterocycles. The number of nitriles is 1. The summed E-state index contributed by atoms with van der Waals surface area (Å²) >= 11 is 0. The van der Waals surface area contributed by atoms with Gasteiger partial charge in [-0.15, -0.1) is 0 Å². The molecule has 2 rings (SSSR count). The summed E-state index contributed by atoms with van der Waals surface area (Å²) in [6.45, 7) is 1.35. The first-order valence-electron chi connectivity index (χ1n) is 7.79. The van der Waals surface area contributed by atoms with Crippen molar-refractivity contribution in [2.45, 2.75) is 19.4 Å². The van der Waals surface area contributed by atoms with Crippen LogP contribution < -0.4 is 10.6 Å². The Kier molecular flexibility index (Phi) is 6.06. The van der Waals surface area contributed by atoms with E-state index in [4.69, 9.17) is 5.26 Å². The molecule has 1 atom stereocenters. The van der Waals surface area contributed by atoms with Crippen molar-refractivity contribution < 1.29 is 19.5 Å². The van der Waals surface area contributed by atoms with Gasteiger partial charge in [-0.2, -0.15) is 5.26 Å². The maximum atomic E-state index is 12.4. The molecule has 0 radical (unpaired) electrons. The van der Waals surface area contributed by atoms with Gasteiger partial charge < -0.3 is 15.7 Å². The van der Waals surface area contributed by atoms with Crippen LogP contribution in [0.3, 0.4) is 0 Å². The first-order chi connectivity index (χ1) is 12.4. The summed E-state index contributed by atoms with van der Waals surface area (Å²) in [5.74, 6) is -2.02. The summed E-state index contributed by atoms with van der Waals surface area (Å²) in [6.07, 6.45) is 0.0436. The van der Waals surface area contributed by atoms with Crippen LogP contribution in [0.15, 0.2) is 48.5 Å². The molecule has 0 aliphatic heterocycles. The van der Waals surface area contributed by atoms with E-state index in [1.54, 1.807) is 36.4 Å². The number of carboxylic acid groups (broad SMARTS) is 1. The molecular weight excluding hydrogens is 334 g/mol.